The quantitative estimate of drug-likeness (QED) is 0.862. The number of hydrogen-bond acceptors (Lipinski definition) is 4. The van der Waals surface area contributed by atoms with Gasteiger partial charge in [-0.1, -0.05) is 23.2 Å². The first kappa shape index (κ1) is 17.8. The highest BCUT2D eigenvalue weighted by Gasteiger charge is 2.21. The summed E-state index contributed by atoms with van der Waals surface area (Å²) in [6, 6.07) is 5.70. The molecule has 2 aliphatic heterocycles. The van der Waals surface area contributed by atoms with Crippen molar-refractivity contribution in [2.45, 2.75) is 18.9 Å². The lowest BCUT2D eigenvalue weighted by atomic mass is 10.2. The molecule has 0 spiro atoms. The molecule has 0 aromatic heterocycles. The largest absolute Gasteiger partial charge is 0.376 e. The average molecular weight is 372 g/mol. The summed E-state index contributed by atoms with van der Waals surface area (Å²) in [5.74, 6) is 0.0773. The summed E-state index contributed by atoms with van der Waals surface area (Å²) in [7, 11) is 0. The Labute approximate surface area is 152 Å². The normalized spacial score (nSPS) is 21.9. The molecule has 2 fully saturated rings. The second kappa shape index (κ2) is 8.39. The van der Waals surface area contributed by atoms with Gasteiger partial charge in [-0.15, -0.1) is 0 Å². The third kappa shape index (κ3) is 4.76. The first-order valence-electron chi connectivity index (χ1n) is 8.42. The van der Waals surface area contributed by atoms with Gasteiger partial charge in [-0.2, -0.15) is 0 Å². The summed E-state index contributed by atoms with van der Waals surface area (Å²) in [6.07, 6.45) is 2.33. The van der Waals surface area contributed by atoms with Crippen molar-refractivity contribution in [1.29, 1.82) is 0 Å². The van der Waals surface area contributed by atoms with Crippen molar-refractivity contribution >= 4 is 34.8 Å². The summed E-state index contributed by atoms with van der Waals surface area (Å²) >= 11 is 12.1. The first-order chi connectivity index (χ1) is 11.6. The van der Waals surface area contributed by atoms with Crippen LogP contribution in [0.1, 0.15) is 12.8 Å². The molecule has 1 atom stereocenters. The average Bonchev–Trinajstić information content (AvgIpc) is 3.10. The fourth-order valence-corrected chi connectivity index (χ4v) is 3.43. The minimum absolute atomic E-state index is 0.0773. The first-order valence-corrected chi connectivity index (χ1v) is 9.18. The van der Waals surface area contributed by atoms with Gasteiger partial charge in [-0.25, -0.2) is 0 Å². The van der Waals surface area contributed by atoms with Gasteiger partial charge in [-0.05, 0) is 31.0 Å². The number of nitrogens with zero attached hydrogens (tertiary/aromatic N) is 2. The van der Waals surface area contributed by atoms with E-state index in [1.165, 1.54) is 0 Å². The zero-order valence-electron chi connectivity index (χ0n) is 13.6. The monoisotopic (exact) mass is 371 g/mol. The number of nitrogens with one attached hydrogen (secondary N) is 1. The van der Waals surface area contributed by atoms with Gasteiger partial charge in [-0.3, -0.25) is 9.69 Å². The molecule has 7 heteroatoms. The van der Waals surface area contributed by atoms with Crippen LogP contribution in [0.3, 0.4) is 0 Å². The Hall–Kier alpha value is -1.01. The Morgan fingerprint density at radius 2 is 2.00 bits per heavy atom. The maximum absolute atomic E-state index is 12.0. The van der Waals surface area contributed by atoms with Gasteiger partial charge in [0, 0.05) is 45.0 Å². The number of benzene rings is 1. The van der Waals surface area contributed by atoms with E-state index in [9.17, 15) is 4.79 Å². The Bertz CT molecular complexity index is 571. The van der Waals surface area contributed by atoms with Crippen LogP contribution in [0, 0.1) is 0 Å². The Morgan fingerprint density at radius 3 is 2.67 bits per heavy atom. The second-order valence-electron chi connectivity index (χ2n) is 6.30. The van der Waals surface area contributed by atoms with E-state index in [1.54, 1.807) is 0 Å². The van der Waals surface area contributed by atoms with E-state index in [0.29, 0.717) is 23.1 Å². The van der Waals surface area contributed by atoms with Crippen molar-refractivity contribution in [3.63, 3.8) is 0 Å². The molecular weight excluding hydrogens is 349 g/mol. The van der Waals surface area contributed by atoms with Gasteiger partial charge in [0.15, 0.2) is 0 Å². The van der Waals surface area contributed by atoms with E-state index in [-0.39, 0.29) is 12.0 Å². The number of rotatable bonds is 5. The molecule has 2 aliphatic rings. The highest BCUT2D eigenvalue weighted by atomic mass is 35.5. The maximum atomic E-state index is 12.0. The molecule has 2 saturated heterocycles. The Balaban J connectivity index is 1.41. The maximum Gasteiger partial charge on any atom is 0.234 e. The van der Waals surface area contributed by atoms with Crippen LogP contribution in [0.5, 0.6) is 0 Å². The van der Waals surface area contributed by atoms with Crippen LogP contribution in [0.2, 0.25) is 10.0 Å². The number of anilines is 1. The van der Waals surface area contributed by atoms with Crippen LogP contribution in [0.4, 0.5) is 5.69 Å². The van der Waals surface area contributed by atoms with Gasteiger partial charge < -0.3 is 15.0 Å². The van der Waals surface area contributed by atoms with Crippen LogP contribution in [-0.4, -0.2) is 62.8 Å². The lowest BCUT2D eigenvalue weighted by Gasteiger charge is -2.35. The van der Waals surface area contributed by atoms with Gasteiger partial charge in [0.05, 0.1) is 22.7 Å². The molecule has 132 valence electrons. The number of amides is 1. The molecule has 2 heterocycles. The van der Waals surface area contributed by atoms with E-state index >= 15 is 0 Å². The van der Waals surface area contributed by atoms with Crippen LogP contribution < -0.4 is 10.2 Å². The predicted octanol–water partition coefficient (Wildman–Crippen LogP) is 2.41. The molecule has 1 amide bonds. The zero-order chi connectivity index (χ0) is 16.9. The lowest BCUT2D eigenvalue weighted by Crippen LogP contribution is -2.50. The van der Waals surface area contributed by atoms with Crippen LogP contribution in [0.15, 0.2) is 18.2 Å². The number of halogens is 2. The molecule has 1 aromatic carbocycles. The van der Waals surface area contributed by atoms with E-state index < -0.39 is 0 Å². The fraction of sp³-hybridized carbons (Fsp3) is 0.588. The molecular formula is C17H23Cl2N3O2. The second-order valence-corrected chi connectivity index (χ2v) is 7.12. The molecule has 1 unspecified atom stereocenters. The van der Waals surface area contributed by atoms with Crippen molar-refractivity contribution < 1.29 is 9.53 Å². The smallest absolute Gasteiger partial charge is 0.234 e. The number of ether oxygens (including phenoxy) is 1. The van der Waals surface area contributed by atoms with E-state index in [0.717, 1.165) is 51.3 Å². The molecule has 0 radical (unpaired) electrons. The molecule has 0 aliphatic carbocycles. The van der Waals surface area contributed by atoms with Crippen molar-refractivity contribution in [2.24, 2.45) is 0 Å². The Kier molecular flexibility index (Phi) is 6.22. The highest BCUT2D eigenvalue weighted by molar-refractivity contribution is 6.42. The molecule has 1 aromatic rings. The topological polar surface area (TPSA) is 44.8 Å². The van der Waals surface area contributed by atoms with Gasteiger partial charge in [0.25, 0.3) is 0 Å². The fourth-order valence-electron chi connectivity index (χ4n) is 3.14. The van der Waals surface area contributed by atoms with Gasteiger partial charge >= 0.3 is 0 Å². The number of carbonyl (C=O) groups is 1. The van der Waals surface area contributed by atoms with Crippen molar-refractivity contribution in [2.75, 3.05) is 50.8 Å². The van der Waals surface area contributed by atoms with Crippen molar-refractivity contribution in [1.82, 2.24) is 10.2 Å². The van der Waals surface area contributed by atoms with Crippen LogP contribution in [-0.2, 0) is 9.53 Å². The zero-order valence-corrected chi connectivity index (χ0v) is 15.2. The predicted molar refractivity (Wildman–Crippen MR) is 97.1 cm³/mol. The molecule has 24 heavy (non-hydrogen) atoms. The van der Waals surface area contributed by atoms with Crippen molar-refractivity contribution in [3.05, 3.63) is 28.2 Å². The molecule has 0 saturated carbocycles. The summed E-state index contributed by atoms with van der Waals surface area (Å²) in [6.45, 7) is 5.34. The summed E-state index contributed by atoms with van der Waals surface area (Å²) in [5.41, 5.74) is 1.08. The molecule has 0 bridgehead atoms. The van der Waals surface area contributed by atoms with E-state index in [4.69, 9.17) is 27.9 Å². The van der Waals surface area contributed by atoms with E-state index in [2.05, 4.69) is 15.1 Å². The molecule has 3 rings (SSSR count). The SMILES string of the molecule is O=C(CN1CCN(c2ccc(Cl)c(Cl)c2)CC1)NCC1CCCO1. The van der Waals surface area contributed by atoms with Crippen LogP contribution in [0.25, 0.3) is 0 Å². The molecule has 5 nitrogen and oxygen atoms in total. The number of hydrogen-bond donors (Lipinski definition) is 1. The van der Waals surface area contributed by atoms with Gasteiger partial charge in [0.1, 0.15) is 0 Å². The summed E-state index contributed by atoms with van der Waals surface area (Å²) in [5, 5.41) is 4.12. The lowest BCUT2D eigenvalue weighted by molar-refractivity contribution is -0.122. The summed E-state index contributed by atoms with van der Waals surface area (Å²) < 4.78 is 5.52. The molecule has 1 N–H and O–H groups in total. The third-order valence-electron chi connectivity index (χ3n) is 4.56. The number of piperazine rings is 1. The van der Waals surface area contributed by atoms with Crippen molar-refractivity contribution in [3.8, 4) is 0 Å². The van der Waals surface area contributed by atoms with Gasteiger partial charge in [0.2, 0.25) is 5.91 Å². The minimum Gasteiger partial charge on any atom is -0.376 e. The standard InChI is InChI=1S/C17H23Cl2N3O2/c18-15-4-3-13(10-16(15)19)22-7-5-21(6-8-22)12-17(23)20-11-14-2-1-9-24-14/h3-4,10,14H,1-2,5-9,11-12H2,(H,20,23). The third-order valence-corrected chi connectivity index (χ3v) is 5.30. The highest BCUT2D eigenvalue weighted by Crippen LogP contribution is 2.27. The van der Waals surface area contributed by atoms with E-state index in [1.807, 2.05) is 18.2 Å². The van der Waals surface area contributed by atoms with Crippen LogP contribution >= 0.6 is 23.2 Å². The number of carbonyl (C=O) groups excluding carboxylic acids is 1. The Morgan fingerprint density at radius 1 is 1.21 bits per heavy atom. The minimum atomic E-state index is 0.0773. The summed E-state index contributed by atoms with van der Waals surface area (Å²) in [4.78, 5) is 16.5.